The molecule has 0 saturated carbocycles. The van der Waals surface area contributed by atoms with Gasteiger partial charge in [-0.15, -0.1) is 11.3 Å². The molecule has 22 heavy (non-hydrogen) atoms. The van der Waals surface area contributed by atoms with Crippen molar-refractivity contribution in [3.05, 3.63) is 29.6 Å². The monoisotopic (exact) mass is 317 g/mol. The zero-order chi connectivity index (χ0) is 15.7. The van der Waals surface area contributed by atoms with E-state index in [1.807, 2.05) is 29.6 Å². The van der Waals surface area contributed by atoms with E-state index in [2.05, 4.69) is 4.98 Å². The van der Waals surface area contributed by atoms with E-state index in [1.54, 1.807) is 4.90 Å². The summed E-state index contributed by atoms with van der Waals surface area (Å²) in [4.78, 5) is 29.4. The maximum atomic E-state index is 12.1. The van der Waals surface area contributed by atoms with Gasteiger partial charge in [-0.25, -0.2) is 4.98 Å². The third kappa shape index (κ3) is 2.67. The van der Waals surface area contributed by atoms with E-state index >= 15 is 0 Å². The van der Waals surface area contributed by atoms with Gasteiger partial charge in [0.2, 0.25) is 5.91 Å². The normalized spacial score (nSPS) is 17.8. The lowest BCUT2D eigenvalue weighted by atomic mass is 10.1. The number of esters is 1. The summed E-state index contributed by atoms with van der Waals surface area (Å²) in [5.41, 5.74) is 8.15. The van der Waals surface area contributed by atoms with E-state index < -0.39 is 5.92 Å². The molecule has 3 rings (SSSR count). The molecule has 1 aromatic carbocycles. The van der Waals surface area contributed by atoms with Gasteiger partial charge in [0.1, 0.15) is 0 Å². The smallest absolute Gasteiger partial charge is 0.311 e. The number of carbonyl (C=O) groups excluding carboxylic acids is 2. The van der Waals surface area contributed by atoms with Gasteiger partial charge < -0.3 is 15.4 Å². The standard InChI is InChI=1S/C15H15N3O3S/c1-21-14(20)10-6-13(19)18(7-10)11-4-2-9(3-5-11)12-8-22-15(16)17-12/h2-5,8,10H,6-7H2,1H3,(H2,16,17). The largest absolute Gasteiger partial charge is 0.469 e. The molecule has 6 nitrogen and oxygen atoms in total. The van der Waals surface area contributed by atoms with Crippen LogP contribution in [-0.4, -0.2) is 30.5 Å². The van der Waals surface area contributed by atoms with E-state index in [0.717, 1.165) is 16.9 Å². The molecule has 0 radical (unpaired) electrons. The number of anilines is 2. The number of rotatable bonds is 3. The molecule has 1 unspecified atom stereocenters. The second-order valence-corrected chi connectivity index (χ2v) is 5.94. The van der Waals surface area contributed by atoms with Gasteiger partial charge in [0.05, 0.1) is 18.7 Å². The number of nitrogen functional groups attached to an aromatic ring is 1. The lowest BCUT2D eigenvalue weighted by Gasteiger charge is -2.16. The summed E-state index contributed by atoms with van der Waals surface area (Å²) in [6.45, 7) is 0.356. The van der Waals surface area contributed by atoms with Crippen LogP contribution in [0.3, 0.4) is 0 Å². The molecular weight excluding hydrogens is 302 g/mol. The molecule has 1 aliphatic rings. The van der Waals surface area contributed by atoms with Crippen LogP contribution in [0.25, 0.3) is 11.3 Å². The van der Waals surface area contributed by atoms with Gasteiger partial charge in [0.15, 0.2) is 5.13 Å². The Hall–Kier alpha value is -2.41. The van der Waals surface area contributed by atoms with Crippen LogP contribution in [0.2, 0.25) is 0 Å². The van der Waals surface area contributed by atoms with Crippen LogP contribution >= 0.6 is 11.3 Å². The number of nitrogens with zero attached hydrogens (tertiary/aromatic N) is 2. The average molecular weight is 317 g/mol. The number of hydrogen-bond donors (Lipinski definition) is 1. The molecule has 1 atom stereocenters. The lowest BCUT2D eigenvalue weighted by molar-refractivity contribution is -0.145. The van der Waals surface area contributed by atoms with E-state index in [1.165, 1.54) is 18.4 Å². The van der Waals surface area contributed by atoms with Gasteiger partial charge in [-0.2, -0.15) is 0 Å². The van der Waals surface area contributed by atoms with Crippen molar-refractivity contribution in [3.8, 4) is 11.3 Å². The molecular formula is C15H15N3O3S. The topological polar surface area (TPSA) is 85.5 Å². The first kappa shape index (κ1) is 14.5. The molecule has 0 spiro atoms. The predicted molar refractivity (Wildman–Crippen MR) is 84.4 cm³/mol. The summed E-state index contributed by atoms with van der Waals surface area (Å²) < 4.78 is 4.71. The Balaban J connectivity index is 1.78. The van der Waals surface area contributed by atoms with Crippen LogP contribution in [0.5, 0.6) is 0 Å². The number of hydrogen-bond acceptors (Lipinski definition) is 6. The highest BCUT2D eigenvalue weighted by molar-refractivity contribution is 7.13. The van der Waals surface area contributed by atoms with E-state index in [4.69, 9.17) is 10.5 Å². The highest BCUT2D eigenvalue weighted by atomic mass is 32.1. The number of methoxy groups -OCH3 is 1. The molecule has 2 N–H and O–H groups in total. The zero-order valence-corrected chi connectivity index (χ0v) is 12.8. The molecule has 1 amide bonds. The van der Waals surface area contributed by atoms with Crippen molar-refractivity contribution in [3.63, 3.8) is 0 Å². The van der Waals surface area contributed by atoms with Crippen LogP contribution in [0, 0.1) is 5.92 Å². The quantitative estimate of drug-likeness (QED) is 0.874. The van der Waals surface area contributed by atoms with Gasteiger partial charge in [0, 0.05) is 29.6 Å². The first-order valence-corrected chi connectivity index (χ1v) is 7.66. The number of aromatic nitrogens is 1. The zero-order valence-electron chi connectivity index (χ0n) is 12.0. The third-order valence-electron chi connectivity index (χ3n) is 3.66. The average Bonchev–Trinajstić information content (AvgIpc) is 3.13. The summed E-state index contributed by atoms with van der Waals surface area (Å²) in [5.74, 6) is -0.804. The molecule has 0 aliphatic carbocycles. The Kier molecular flexibility index (Phi) is 3.81. The number of nitrogens with two attached hydrogens (primary N) is 1. The Morgan fingerprint density at radius 2 is 2.14 bits per heavy atom. The number of benzene rings is 1. The molecule has 0 bridgehead atoms. The highest BCUT2D eigenvalue weighted by Crippen LogP contribution is 2.29. The molecule has 7 heteroatoms. The maximum Gasteiger partial charge on any atom is 0.311 e. The van der Waals surface area contributed by atoms with Crippen molar-refractivity contribution in [2.45, 2.75) is 6.42 Å². The first-order chi connectivity index (χ1) is 10.6. The number of thiazole rings is 1. The van der Waals surface area contributed by atoms with Crippen molar-refractivity contribution < 1.29 is 14.3 Å². The second-order valence-electron chi connectivity index (χ2n) is 5.05. The molecule has 2 heterocycles. The van der Waals surface area contributed by atoms with E-state index in [9.17, 15) is 9.59 Å². The van der Waals surface area contributed by atoms with E-state index in [-0.39, 0.29) is 18.3 Å². The maximum absolute atomic E-state index is 12.1. The minimum Gasteiger partial charge on any atom is -0.469 e. The number of ether oxygens (including phenoxy) is 1. The number of amides is 1. The summed E-state index contributed by atoms with van der Waals surface area (Å²) >= 11 is 1.39. The van der Waals surface area contributed by atoms with Crippen molar-refractivity contribution >= 4 is 34.0 Å². The SMILES string of the molecule is COC(=O)C1CC(=O)N(c2ccc(-c3csc(N)n3)cc2)C1. The second kappa shape index (κ2) is 5.76. The summed E-state index contributed by atoms with van der Waals surface area (Å²) in [7, 11) is 1.34. The van der Waals surface area contributed by atoms with Crippen LogP contribution < -0.4 is 10.6 Å². The molecule has 1 aliphatic heterocycles. The molecule has 1 aromatic heterocycles. The van der Waals surface area contributed by atoms with Gasteiger partial charge in [-0.1, -0.05) is 12.1 Å². The van der Waals surface area contributed by atoms with Crippen molar-refractivity contribution in [1.82, 2.24) is 4.98 Å². The number of carbonyl (C=O) groups is 2. The van der Waals surface area contributed by atoms with Crippen LogP contribution in [0.15, 0.2) is 29.6 Å². The van der Waals surface area contributed by atoms with Gasteiger partial charge in [-0.3, -0.25) is 9.59 Å². The van der Waals surface area contributed by atoms with Crippen LogP contribution in [-0.2, 0) is 14.3 Å². The van der Waals surface area contributed by atoms with Crippen molar-refractivity contribution in [2.24, 2.45) is 5.92 Å². The lowest BCUT2D eigenvalue weighted by Crippen LogP contribution is -2.26. The Labute approximate surface area is 131 Å². The Morgan fingerprint density at radius 3 is 2.73 bits per heavy atom. The summed E-state index contributed by atoms with van der Waals surface area (Å²) in [6.07, 6.45) is 0.192. The van der Waals surface area contributed by atoms with E-state index in [0.29, 0.717) is 11.7 Å². The Morgan fingerprint density at radius 1 is 1.41 bits per heavy atom. The predicted octanol–water partition coefficient (Wildman–Crippen LogP) is 1.92. The van der Waals surface area contributed by atoms with Crippen LogP contribution in [0.1, 0.15) is 6.42 Å². The molecule has 2 aromatic rings. The summed E-state index contributed by atoms with van der Waals surface area (Å²) in [6, 6.07) is 7.48. The Bertz CT molecular complexity index is 711. The summed E-state index contributed by atoms with van der Waals surface area (Å²) in [5, 5.41) is 2.41. The van der Waals surface area contributed by atoms with Gasteiger partial charge in [-0.05, 0) is 12.1 Å². The van der Waals surface area contributed by atoms with Crippen LogP contribution in [0.4, 0.5) is 10.8 Å². The first-order valence-electron chi connectivity index (χ1n) is 6.78. The molecule has 1 fully saturated rings. The minimum atomic E-state index is -0.393. The highest BCUT2D eigenvalue weighted by Gasteiger charge is 2.35. The fraction of sp³-hybridized carbons (Fsp3) is 0.267. The van der Waals surface area contributed by atoms with Gasteiger partial charge >= 0.3 is 5.97 Å². The molecule has 1 saturated heterocycles. The fourth-order valence-electron chi connectivity index (χ4n) is 2.51. The minimum absolute atomic E-state index is 0.0685. The third-order valence-corrected chi connectivity index (χ3v) is 4.33. The molecule has 114 valence electrons. The van der Waals surface area contributed by atoms with Crippen molar-refractivity contribution in [2.75, 3.05) is 24.3 Å². The fourth-order valence-corrected chi connectivity index (χ4v) is 3.09. The van der Waals surface area contributed by atoms with Gasteiger partial charge in [0.25, 0.3) is 0 Å². The van der Waals surface area contributed by atoms with Crippen molar-refractivity contribution in [1.29, 1.82) is 0 Å².